The third-order valence-electron chi connectivity index (χ3n) is 4.75. The fourth-order valence-electron chi connectivity index (χ4n) is 3.25. The van der Waals surface area contributed by atoms with Crippen molar-refractivity contribution in [3.05, 3.63) is 11.4 Å². The number of carbonyl (C=O) groups is 1. The van der Waals surface area contributed by atoms with Crippen LogP contribution in [0.15, 0.2) is 0 Å². The Morgan fingerprint density at radius 2 is 2.00 bits per heavy atom. The minimum atomic E-state index is -0.135. The highest BCUT2D eigenvalue weighted by molar-refractivity contribution is 5.97. The van der Waals surface area contributed by atoms with Crippen molar-refractivity contribution >= 4 is 11.6 Å². The molecule has 1 unspecified atom stereocenters. The van der Waals surface area contributed by atoms with Crippen LogP contribution in [0, 0.1) is 5.92 Å². The normalized spacial score (nSPS) is 21.6. The van der Waals surface area contributed by atoms with Gasteiger partial charge >= 0.3 is 0 Å². The van der Waals surface area contributed by atoms with Gasteiger partial charge in [-0.2, -0.15) is 5.10 Å². The van der Waals surface area contributed by atoms with Crippen LogP contribution in [0.25, 0.3) is 0 Å². The number of nitrogen functional groups attached to an aromatic ring is 1. The van der Waals surface area contributed by atoms with Crippen LogP contribution in [0.4, 0.5) is 5.69 Å². The summed E-state index contributed by atoms with van der Waals surface area (Å²) >= 11 is 0. The highest BCUT2D eigenvalue weighted by Gasteiger charge is 2.31. The Bertz CT molecular complexity index is 486. The molecule has 0 aliphatic heterocycles. The summed E-state index contributed by atoms with van der Waals surface area (Å²) in [5, 5.41) is 10.1. The molecule has 0 radical (unpaired) electrons. The molecule has 0 saturated heterocycles. The number of aromatic amines is 1. The van der Waals surface area contributed by atoms with E-state index >= 15 is 0 Å². The van der Waals surface area contributed by atoms with Crippen molar-refractivity contribution in [1.29, 1.82) is 0 Å². The molecule has 0 aromatic carbocycles. The third-order valence-corrected chi connectivity index (χ3v) is 4.75. The molecule has 110 valence electrons. The minimum Gasteiger partial charge on any atom is -0.395 e. The van der Waals surface area contributed by atoms with Crippen molar-refractivity contribution in [3.8, 4) is 0 Å². The topological polar surface area (TPSA) is 83.8 Å². The molecule has 1 heterocycles. The highest BCUT2D eigenvalue weighted by atomic mass is 16.2. The fraction of sp³-hybridized carbons (Fsp3) is 0.733. The first kappa shape index (κ1) is 13.5. The number of rotatable bonds is 4. The second-order valence-electron chi connectivity index (χ2n) is 6.33. The molecule has 2 saturated carbocycles. The van der Waals surface area contributed by atoms with Crippen LogP contribution in [0.2, 0.25) is 0 Å². The Morgan fingerprint density at radius 1 is 1.30 bits per heavy atom. The van der Waals surface area contributed by atoms with E-state index in [4.69, 9.17) is 5.73 Å². The van der Waals surface area contributed by atoms with Gasteiger partial charge in [0.25, 0.3) is 5.91 Å². The summed E-state index contributed by atoms with van der Waals surface area (Å²) in [6, 6.07) is 0.197. The first-order valence-electron chi connectivity index (χ1n) is 7.81. The molecule has 5 heteroatoms. The van der Waals surface area contributed by atoms with E-state index < -0.39 is 0 Å². The van der Waals surface area contributed by atoms with Gasteiger partial charge in [-0.1, -0.05) is 19.3 Å². The largest absolute Gasteiger partial charge is 0.395 e. The molecule has 2 aliphatic rings. The molecular formula is C15H24N4O. The Hall–Kier alpha value is -1.52. The first-order valence-corrected chi connectivity index (χ1v) is 7.81. The maximum absolute atomic E-state index is 12.3. The van der Waals surface area contributed by atoms with Gasteiger partial charge in [0, 0.05) is 12.0 Å². The van der Waals surface area contributed by atoms with Crippen molar-refractivity contribution < 1.29 is 4.79 Å². The molecular weight excluding hydrogens is 252 g/mol. The monoisotopic (exact) mass is 276 g/mol. The van der Waals surface area contributed by atoms with Gasteiger partial charge in [0.15, 0.2) is 5.69 Å². The minimum absolute atomic E-state index is 0.135. The van der Waals surface area contributed by atoms with Gasteiger partial charge in [-0.25, -0.2) is 0 Å². The van der Waals surface area contributed by atoms with Crippen molar-refractivity contribution in [3.63, 3.8) is 0 Å². The molecule has 1 aromatic heterocycles. The summed E-state index contributed by atoms with van der Waals surface area (Å²) in [4.78, 5) is 12.3. The number of anilines is 1. The van der Waals surface area contributed by atoms with Crippen LogP contribution in [0.3, 0.4) is 0 Å². The highest BCUT2D eigenvalue weighted by Crippen LogP contribution is 2.42. The van der Waals surface area contributed by atoms with Gasteiger partial charge in [-0.05, 0) is 38.5 Å². The number of nitrogens with two attached hydrogens (primary N) is 1. The van der Waals surface area contributed by atoms with Crippen LogP contribution in [-0.2, 0) is 0 Å². The maximum atomic E-state index is 12.3. The lowest BCUT2D eigenvalue weighted by atomic mass is 9.84. The van der Waals surface area contributed by atoms with E-state index in [2.05, 4.69) is 22.4 Å². The average molecular weight is 276 g/mol. The van der Waals surface area contributed by atoms with Gasteiger partial charge in [0.05, 0.1) is 11.4 Å². The number of aromatic nitrogens is 2. The smallest absolute Gasteiger partial charge is 0.274 e. The fourth-order valence-corrected chi connectivity index (χ4v) is 3.25. The van der Waals surface area contributed by atoms with Gasteiger partial charge in [-0.15, -0.1) is 0 Å². The number of carbonyl (C=O) groups excluding carboxylic acids is 1. The van der Waals surface area contributed by atoms with Crippen molar-refractivity contribution in [2.24, 2.45) is 5.92 Å². The molecule has 20 heavy (non-hydrogen) atoms. The molecule has 1 atom stereocenters. The van der Waals surface area contributed by atoms with E-state index in [1.807, 2.05) is 0 Å². The van der Waals surface area contributed by atoms with Gasteiger partial charge in [0.2, 0.25) is 0 Å². The lowest BCUT2D eigenvalue weighted by Gasteiger charge is -2.28. The first-order chi connectivity index (χ1) is 9.66. The number of H-pyrrole nitrogens is 1. The molecule has 1 amide bonds. The summed E-state index contributed by atoms with van der Waals surface area (Å²) in [5.74, 6) is 0.944. The van der Waals surface area contributed by atoms with Crippen molar-refractivity contribution in [1.82, 2.24) is 15.5 Å². The Kier molecular flexibility index (Phi) is 3.68. The second-order valence-corrected chi connectivity index (χ2v) is 6.33. The molecule has 0 bridgehead atoms. The number of hydrogen-bond acceptors (Lipinski definition) is 3. The third kappa shape index (κ3) is 2.67. The summed E-state index contributed by atoms with van der Waals surface area (Å²) in [5.41, 5.74) is 7.90. The van der Waals surface area contributed by atoms with E-state index in [9.17, 15) is 4.79 Å². The van der Waals surface area contributed by atoms with Crippen LogP contribution in [0.1, 0.15) is 74.0 Å². The van der Waals surface area contributed by atoms with Crippen LogP contribution < -0.4 is 11.1 Å². The van der Waals surface area contributed by atoms with Crippen molar-refractivity contribution in [2.45, 2.75) is 63.8 Å². The number of hydrogen-bond donors (Lipinski definition) is 3. The molecule has 3 rings (SSSR count). The van der Waals surface area contributed by atoms with Crippen LogP contribution in [0.5, 0.6) is 0 Å². The number of nitrogens with zero attached hydrogens (tertiary/aromatic N) is 1. The molecule has 5 nitrogen and oxygen atoms in total. The number of nitrogens with one attached hydrogen (secondary N) is 2. The van der Waals surface area contributed by atoms with E-state index in [1.165, 1.54) is 32.1 Å². The van der Waals surface area contributed by atoms with Gasteiger partial charge < -0.3 is 11.1 Å². The standard InChI is InChI=1S/C15H24N4O/c1-9(10-5-3-2-4-6-10)17-15(20)14-12(16)13(18-19-14)11-7-8-11/h9-11H,2-8,16H2,1H3,(H,17,20)(H,18,19). The lowest BCUT2D eigenvalue weighted by Crippen LogP contribution is -2.39. The maximum Gasteiger partial charge on any atom is 0.274 e. The Balaban J connectivity index is 1.63. The zero-order valence-electron chi connectivity index (χ0n) is 12.1. The zero-order valence-corrected chi connectivity index (χ0v) is 12.1. The molecule has 2 aliphatic carbocycles. The van der Waals surface area contributed by atoms with E-state index in [1.54, 1.807) is 0 Å². The SMILES string of the molecule is CC(NC(=O)c1n[nH]c(C2CC2)c1N)C1CCCCC1. The van der Waals surface area contributed by atoms with E-state index in [0.717, 1.165) is 18.5 Å². The van der Waals surface area contributed by atoms with Gasteiger partial charge in [-0.3, -0.25) is 9.89 Å². The van der Waals surface area contributed by atoms with Crippen molar-refractivity contribution in [2.75, 3.05) is 5.73 Å². The predicted molar refractivity (Wildman–Crippen MR) is 78.5 cm³/mol. The van der Waals surface area contributed by atoms with E-state index in [0.29, 0.717) is 23.2 Å². The molecule has 2 fully saturated rings. The molecule has 4 N–H and O–H groups in total. The molecule has 0 spiro atoms. The predicted octanol–water partition coefficient (Wildman–Crippen LogP) is 2.57. The van der Waals surface area contributed by atoms with Crippen LogP contribution in [-0.4, -0.2) is 22.1 Å². The Morgan fingerprint density at radius 3 is 2.65 bits per heavy atom. The molecule has 1 aromatic rings. The number of amides is 1. The summed E-state index contributed by atoms with van der Waals surface area (Å²) in [6.07, 6.45) is 8.60. The summed E-state index contributed by atoms with van der Waals surface area (Å²) in [6.45, 7) is 2.10. The van der Waals surface area contributed by atoms with Crippen LogP contribution >= 0.6 is 0 Å². The summed E-state index contributed by atoms with van der Waals surface area (Å²) < 4.78 is 0. The summed E-state index contributed by atoms with van der Waals surface area (Å²) in [7, 11) is 0. The second kappa shape index (κ2) is 5.46. The average Bonchev–Trinajstić information content (AvgIpc) is 3.22. The Labute approximate surface area is 119 Å². The lowest BCUT2D eigenvalue weighted by molar-refractivity contribution is 0.0915. The van der Waals surface area contributed by atoms with Gasteiger partial charge in [0.1, 0.15) is 0 Å². The van der Waals surface area contributed by atoms with E-state index in [-0.39, 0.29) is 11.9 Å². The zero-order chi connectivity index (χ0) is 14.1. The quantitative estimate of drug-likeness (QED) is 0.790.